The quantitative estimate of drug-likeness (QED) is 0.146. The fourth-order valence-corrected chi connectivity index (χ4v) is 7.56. The number of unbranched alkanes of at least 4 members (excludes halogenated alkanes) is 1. The number of nitrogens with one attached hydrogen (secondary N) is 4. The lowest BCUT2D eigenvalue weighted by atomic mass is 9.90. The number of thioether (sulfide) groups is 1. The van der Waals surface area contributed by atoms with Crippen LogP contribution in [-0.2, 0) is 33.7 Å². The Bertz CT molecular complexity index is 1270. The largest absolute Gasteiger partial charge is 0.508 e. The molecule has 3 heterocycles. The molecule has 5 amide bonds. The van der Waals surface area contributed by atoms with Gasteiger partial charge in [0.15, 0.2) is 5.66 Å². The Balaban J connectivity index is 1.00. The highest BCUT2D eigenvalue weighted by molar-refractivity contribution is 8.00. The molecule has 0 spiro atoms. The van der Waals surface area contributed by atoms with Gasteiger partial charge in [-0.15, -0.1) is 0 Å². The second-order valence-electron chi connectivity index (χ2n) is 12.1. The molecular weight excluding hydrogens is 586 g/mol. The minimum atomic E-state index is -0.641. The number of fused-ring (bicyclic) bond motifs is 2. The zero-order valence-corrected chi connectivity index (χ0v) is 26.0. The number of carbonyl (C=O) groups excluding carboxylic acids is 4. The minimum absolute atomic E-state index is 0.0321. The molecule has 240 valence electrons. The highest BCUT2D eigenvalue weighted by atomic mass is 32.2. The molecule has 1 aliphatic carbocycles. The van der Waals surface area contributed by atoms with Gasteiger partial charge in [-0.1, -0.05) is 12.5 Å². The molecule has 0 aromatic heterocycles. The molecule has 0 bridgehead atoms. The Morgan fingerprint density at radius 2 is 1.91 bits per heavy atom. The lowest BCUT2D eigenvalue weighted by Gasteiger charge is -2.23. The number of hydrogen-bond donors (Lipinski definition) is 5. The van der Waals surface area contributed by atoms with Gasteiger partial charge >= 0.3 is 12.1 Å². The first-order valence-corrected chi connectivity index (χ1v) is 16.7. The number of amides is 5. The summed E-state index contributed by atoms with van der Waals surface area (Å²) in [4.78, 5) is 51.1. The number of urea groups is 1. The molecule has 13 nitrogen and oxygen atoms in total. The third-order valence-electron chi connectivity index (χ3n) is 8.67. The molecule has 5 N–H and O–H groups in total. The fraction of sp³-hybridized carbons (Fsp3) is 0.667. The van der Waals surface area contributed by atoms with Crippen LogP contribution in [0.3, 0.4) is 0 Å². The van der Waals surface area contributed by atoms with Crippen molar-refractivity contribution in [1.29, 1.82) is 0 Å². The molecule has 1 aromatic carbocycles. The van der Waals surface area contributed by atoms with Crippen molar-refractivity contribution in [3.05, 3.63) is 28.8 Å². The number of aryl methyl sites for hydroxylation is 2. The molecule has 2 saturated heterocycles. The number of phenols is 1. The average Bonchev–Trinajstić information content (AvgIpc) is 3.46. The summed E-state index contributed by atoms with van der Waals surface area (Å²) in [5.41, 5.74) is 2.53. The number of hydrogen-bond acceptors (Lipinski definition) is 9. The van der Waals surface area contributed by atoms with Crippen molar-refractivity contribution in [3.8, 4) is 5.75 Å². The van der Waals surface area contributed by atoms with E-state index in [1.165, 1.54) is 11.1 Å². The van der Waals surface area contributed by atoms with E-state index < -0.39 is 11.8 Å². The molecule has 0 radical (unpaired) electrons. The number of rotatable bonds is 15. The van der Waals surface area contributed by atoms with Crippen LogP contribution in [0.25, 0.3) is 0 Å². The van der Waals surface area contributed by atoms with Crippen LogP contribution >= 0.6 is 11.8 Å². The van der Waals surface area contributed by atoms with Gasteiger partial charge in [0.05, 0.1) is 25.2 Å². The molecule has 44 heavy (non-hydrogen) atoms. The van der Waals surface area contributed by atoms with Gasteiger partial charge in [0.1, 0.15) is 12.4 Å². The number of benzene rings is 1. The van der Waals surface area contributed by atoms with Crippen LogP contribution < -0.4 is 21.3 Å². The lowest BCUT2D eigenvalue weighted by molar-refractivity contribution is -0.136. The highest BCUT2D eigenvalue weighted by Crippen LogP contribution is 2.34. The molecule has 0 saturated carbocycles. The van der Waals surface area contributed by atoms with Crippen molar-refractivity contribution in [2.75, 3.05) is 32.0 Å². The number of aromatic hydroxyl groups is 1. The fourth-order valence-electron chi connectivity index (χ4n) is 6.02. The van der Waals surface area contributed by atoms with Gasteiger partial charge in [-0.05, 0) is 62.6 Å². The molecule has 5 rings (SSSR count). The van der Waals surface area contributed by atoms with Gasteiger partial charge in [0.2, 0.25) is 11.8 Å². The molecule has 3 unspecified atom stereocenters. The summed E-state index contributed by atoms with van der Waals surface area (Å²) < 4.78 is 5.19. The molecule has 1 aromatic rings. The maximum atomic E-state index is 13.0. The Kier molecular flexibility index (Phi) is 10.5. The maximum absolute atomic E-state index is 13.0. The van der Waals surface area contributed by atoms with Crippen LogP contribution in [0.1, 0.15) is 68.6 Å². The summed E-state index contributed by atoms with van der Waals surface area (Å²) in [6.07, 6.45) is 6.82. The van der Waals surface area contributed by atoms with Crippen LogP contribution in [0.15, 0.2) is 22.4 Å². The van der Waals surface area contributed by atoms with Crippen LogP contribution in [0.2, 0.25) is 0 Å². The summed E-state index contributed by atoms with van der Waals surface area (Å²) in [5.74, 6) is 0.611. The van der Waals surface area contributed by atoms with Crippen molar-refractivity contribution in [3.63, 3.8) is 0 Å². The zero-order chi connectivity index (χ0) is 31.1. The maximum Gasteiger partial charge on any atom is 0.407 e. The number of nitrogens with zero attached hydrogens (tertiary/aromatic N) is 3. The zero-order valence-electron chi connectivity index (χ0n) is 25.2. The van der Waals surface area contributed by atoms with Crippen LogP contribution in [-0.4, -0.2) is 88.9 Å². The van der Waals surface area contributed by atoms with E-state index in [1.807, 2.05) is 24.8 Å². The van der Waals surface area contributed by atoms with Crippen LogP contribution in [0.5, 0.6) is 5.75 Å². The lowest BCUT2D eigenvalue weighted by Crippen LogP contribution is -2.42. The normalized spacial score (nSPS) is 22.3. The van der Waals surface area contributed by atoms with E-state index in [-0.39, 0.29) is 68.3 Å². The van der Waals surface area contributed by atoms with Crippen LogP contribution in [0.4, 0.5) is 9.59 Å². The first-order valence-electron chi connectivity index (χ1n) is 15.6. The van der Waals surface area contributed by atoms with Crippen LogP contribution in [0, 0.1) is 0 Å². The van der Waals surface area contributed by atoms with E-state index >= 15 is 0 Å². The van der Waals surface area contributed by atoms with E-state index in [4.69, 9.17) is 4.74 Å². The summed E-state index contributed by atoms with van der Waals surface area (Å²) in [6.45, 7) is 2.45. The van der Waals surface area contributed by atoms with Gasteiger partial charge in [-0.25, -0.2) is 9.59 Å². The van der Waals surface area contributed by atoms with Crippen molar-refractivity contribution in [2.45, 2.75) is 94.3 Å². The van der Waals surface area contributed by atoms with Crippen molar-refractivity contribution >= 4 is 35.7 Å². The van der Waals surface area contributed by atoms with Crippen molar-refractivity contribution < 1.29 is 29.0 Å². The third-order valence-corrected chi connectivity index (χ3v) is 10.2. The molecule has 14 heteroatoms. The monoisotopic (exact) mass is 629 g/mol. The Morgan fingerprint density at radius 1 is 1.14 bits per heavy atom. The predicted octanol–water partition coefficient (Wildman–Crippen LogP) is 2.74. The summed E-state index contributed by atoms with van der Waals surface area (Å²) in [5, 5.41) is 29.9. The van der Waals surface area contributed by atoms with Gasteiger partial charge in [0, 0.05) is 42.5 Å². The number of alkyl carbamates (subject to hydrolysis) is 1. The molecule has 4 aliphatic rings. The Labute approximate surface area is 261 Å². The van der Waals surface area contributed by atoms with Gasteiger partial charge < -0.3 is 36.0 Å². The van der Waals surface area contributed by atoms with E-state index in [0.29, 0.717) is 23.8 Å². The van der Waals surface area contributed by atoms with Gasteiger partial charge in [0.25, 0.3) is 0 Å². The molecule has 2 fully saturated rings. The molecule has 3 aliphatic heterocycles. The van der Waals surface area contributed by atoms with Gasteiger partial charge in [-0.3, -0.25) is 9.59 Å². The standard InChI is InChI=1S/C30H43N7O6S/c1-30(35-36-30)10-9-26(40)37(12-5-4-8-24-27-22(18-44-24)33-28(41)34-27)17-25(39)31-11-13-43-29(42)32-16-21-14-19-6-2-3-7-20(19)15-23(21)38/h14-15,22,24,27,38H,2-13,16-18H2,1H3,(H,31,39)(H,32,42)(H2,33,34,41). The van der Waals surface area contributed by atoms with Crippen molar-refractivity contribution in [1.82, 2.24) is 26.2 Å². The van der Waals surface area contributed by atoms with Crippen molar-refractivity contribution in [2.24, 2.45) is 10.2 Å². The molecular formula is C30H43N7O6S. The Hall–Kier alpha value is -3.55. The second kappa shape index (κ2) is 14.5. The molecule has 3 atom stereocenters. The predicted molar refractivity (Wildman–Crippen MR) is 164 cm³/mol. The highest BCUT2D eigenvalue weighted by Gasteiger charge is 2.42. The van der Waals surface area contributed by atoms with E-state index in [0.717, 1.165) is 50.7 Å². The first-order chi connectivity index (χ1) is 21.2. The summed E-state index contributed by atoms with van der Waals surface area (Å²) >= 11 is 1.86. The summed E-state index contributed by atoms with van der Waals surface area (Å²) in [7, 11) is 0. The van der Waals surface area contributed by atoms with E-state index in [1.54, 1.807) is 11.0 Å². The number of ether oxygens (including phenoxy) is 1. The average molecular weight is 630 g/mol. The summed E-state index contributed by atoms with van der Waals surface area (Å²) in [6, 6.07) is 3.95. The second-order valence-corrected chi connectivity index (χ2v) is 13.4. The first kappa shape index (κ1) is 31.9. The Morgan fingerprint density at radius 3 is 2.68 bits per heavy atom. The third kappa shape index (κ3) is 8.76. The number of phenolic OH excluding ortho intramolecular Hbond substituents is 1. The number of carbonyl (C=O) groups is 4. The van der Waals surface area contributed by atoms with E-state index in [2.05, 4.69) is 31.5 Å². The minimum Gasteiger partial charge on any atom is -0.508 e. The SMILES string of the molecule is CC1(CCC(=O)N(CCCCC2SCC3NC(=O)NC32)CC(=O)NCCOC(=O)NCc2cc3c(cc2O)CCCC3)N=N1. The topological polar surface area (TPSA) is 174 Å². The smallest absolute Gasteiger partial charge is 0.407 e. The van der Waals surface area contributed by atoms with Gasteiger partial charge in [-0.2, -0.15) is 22.0 Å². The van der Waals surface area contributed by atoms with E-state index in [9.17, 15) is 24.3 Å².